The molecule has 0 aliphatic rings. The Balaban J connectivity index is 2.35. The van der Waals surface area contributed by atoms with E-state index in [-0.39, 0.29) is 0 Å². The molecule has 0 fully saturated rings. The minimum Gasteiger partial charge on any atom is -0.370 e. The highest BCUT2D eigenvalue weighted by Gasteiger charge is 2.07. The molecular formula is C12H17N5. The third-order valence-electron chi connectivity index (χ3n) is 2.46. The van der Waals surface area contributed by atoms with E-state index in [9.17, 15) is 0 Å². The van der Waals surface area contributed by atoms with Gasteiger partial charge in [-0.05, 0) is 13.3 Å². The first-order valence-electron chi connectivity index (χ1n) is 5.77. The molecule has 5 heteroatoms. The number of rotatable bonds is 4. The minimum absolute atomic E-state index is 0.712. The van der Waals surface area contributed by atoms with Crippen LogP contribution < -0.4 is 5.32 Å². The van der Waals surface area contributed by atoms with E-state index in [1.54, 1.807) is 12.5 Å². The van der Waals surface area contributed by atoms with Gasteiger partial charge in [0, 0.05) is 25.4 Å². The maximum Gasteiger partial charge on any atom is 0.180 e. The number of nitrogens with zero attached hydrogens (tertiary/aromatic N) is 4. The van der Waals surface area contributed by atoms with Gasteiger partial charge in [-0.1, -0.05) is 6.92 Å². The molecule has 2 rings (SSSR count). The topological polar surface area (TPSA) is 55.6 Å². The van der Waals surface area contributed by atoms with Crippen molar-refractivity contribution in [3.63, 3.8) is 0 Å². The summed E-state index contributed by atoms with van der Waals surface area (Å²) in [6.07, 6.45) is 4.60. The fraction of sp³-hybridized carbons (Fsp3) is 0.417. The van der Waals surface area contributed by atoms with Gasteiger partial charge in [0.2, 0.25) is 0 Å². The third kappa shape index (κ3) is 2.61. The Kier molecular flexibility index (Phi) is 3.37. The molecule has 5 nitrogen and oxygen atoms in total. The Morgan fingerprint density at radius 1 is 1.35 bits per heavy atom. The highest BCUT2D eigenvalue weighted by atomic mass is 15.1. The Morgan fingerprint density at radius 3 is 2.82 bits per heavy atom. The SMILES string of the molecule is CCCNc1cc(C)nc(-c2cncn2C)n1. The van der Waals surface area contributed by atoms with Gasteiger partial charge in [0.05, 0.1) is 12.5 Å². The Morgan fingerprint density at radius 2 is 2.18 bits per heavy atom. The largest absolute Gasteiger partial charge is 0.370 e. The molecule has 0 unspecified atom stereocenters. The second kappa shape index (κ2) is 4.95. The van der Waals surface area contributed by atoms with E-state index in [0.29, 0.717) is 5.82 Å². The van der Waals surface area contributed by atoms with Crippen molar-refractivity contribution in [1.29, 1.82) is 0 Å². The molecule has 0 saturated carbocycles. The van der Waals surface area contributed by atoms with E-state index in [4.69, 9.17) is 0 Å². The normalized spacial score (nSPS) is 10.5. The van der Waals surface area contributed by atoms with Crippen LogP contribution >= 0.6 is 0 Å². The van der Waals surface area contributed by atoms with E-state index in [1.165, 1.54) is 0 Å². The average Bonchev–Trinajstić information content (AvgIpc) is 2.72. The lowest BCUT2D eigenvalue weighted by Crippen LogP contribution is -2.05. The lowest BCUT2D eigenvalue weighted by molar-refractivity contribution is 0.903. The van der Waals surface area contributed by atoms with E-state index in [1.807, 2.05) is 24.6 Å². The second-order valence-electron chi connectivity index (χ2n) is 4.03. The summed E-state index contributed by atoms with van der Waals surface area (Å²) >= 11 is 0. The average molecular weight is 231 g/mol. The van der Waals surface area contributed by atoms with E-state index >= 15 is 0 Å². The van der Waals surface area contributed by atoms with Crippen molar-refractivity contribution in [1.82, 2.24) is 19.5 Å². The van der Waals surface area contributed by atoms with Crippen molar-refractivity contribution >= 4 is 5.82 Å². The molecule has 0 atom stereocenters. The highest BCUT2D eigenvalue weighted by Crippen LogP contribution is 2.16. The molecule has 2 heterocycles. The molecule has 0 aliphatic heterocycles. The van der Waals surface area contributed by atoms with E-state index < -0.39 is 0 Å². The van der Waals surface area contributed by atoms with Gasteiger partial charge in [-0.25, -0.2) is 15.0 Å². The molecular weight excluding hydrogens is 214 g/mol. The molecule has 2 aromatic rings. The molecule has 90 valence electrons. The molecule has 0 aromatic carbocycles. The summed E-state index contributed by atoms with van der Waals surface area (Å²) in [6, 6.07) is 1.95. The molecule has 0 aliphatic carbocycles. The van der Waals surface area contributed by atoms with Crippen LogP contribution in [0.25, 0.3) is 11.5 Å². The summed E-state index contributed by atoms with van der Waals surface area (Å²) in [5.41, 5.74) is 1.88. The van der Waals surface area contributed by atoms with Gasteiger partial charge in [0.15, 0.2) is 5.82 Å². The summed E-state index contributed by atoms with van der Waals surface area (Å²) in [4.78, 5) is 13.0. The number of imidazole rings is 1. The summed E-state index contributed by atoms with van der Waals surface area (Å²) < 4.78 is 1.92. The molecule has 0 bridgehead atoms. The zero-order valence-electron chi connectivity index (χ0n) is 10.4. The minimum atomic E-state index is 0.712. The van der Waals surface area contributed by atoms with Crippen LogP contribution in [-0.2, 0) is 7.05 Å². The standard InChI is InChI=1S/C12H17N5/c1-4-5-14-11-6-9(2)15-12(16-11)10-7-13-8-17(10)3/h6-8H,4-5H2,1-3H3,(H,14,15,16). The fourth-order valence-electron chi connectivity index (χ4n) is 1.60. The predicted molar refractivity (Wildman–Crippen MR) is 67.8 cm³/mol. The zero-order valence-corrected chi connectivity index (χ0v) is 10.4. The van der Waals surface area contributed by atoms with Gasteiger partial charge in [-0.2, -0.15) is 0 Å². The number of hydrogen-bond donors (Lipinski definition) is 1. The summed E-state index contributed by atoms with van der Waals surface area (Å²) in [5.74, 6) is 1.58. The first kappa shape index (κ1) is 11.6. The van der Waals surface area contributed by atoms with Crippen LogP contribution in [0.5, 0.6) is 0 Å². The lowest BCUT2D eigenvalue weighted by atomic mass is 10.3. The fourth-order valence-corrected chi connectivity index (χ4v) is 1.60. The third-order valence-corrected chi connectivity index (χ3v) is 2.46. The van der Waals surface area contributed by atoms with Crippen LogP contribution in [0.4, 0.5) is 5.82 Å². The molecule has 0 spiro atoms. The molecule has 0 radical (unpaired) electrons. The molecule has 0 saturated heterocycles. The maximum atomic E-state index is 4.49. The van der Waals surface area contributed by atoms with Crippen molar-refractivity contribution in [2.75, 3.05) is 11.9 Å². The molecule has 17 heavy (non-hydrogen) atoms. The van der Waals surface area contributed by atoms with Crippen LogP contribution in [0.1, 0.15) is 19.0 Å². The van der Waals surface area contributed by atoms with Crippen LogP contribution in [0.2, 0.25) is 0 Å². The first-order chi connectivity index (χ1) is 8.20. The Labute approximate surface area is 101 Å². The van der Waals surface area contributed by atoms with E-state index in [0.717, 1.165) is 30.2 Å². The highest BCUT2D eigenvalue weighted by molar-refractivity contribution is 5.52. The van der Waals surface area contributed by atoms with Crippen LogP contribution in [0.3, 0.4) is 0 Å². The van der Waals surface area contributed by atoms with Crippen LogP contribution in [-0.4, -0.2) is 26.1 Å². The Hall–Kier alpha value is -1.91. The number of hydrogen-bond acceptors (Lipinski definition) is 4. The van der Waals surface area contributed by atoms with Crippen molar-refractivity contribution in [3.8, 4) is 11.5 Å². The Bertz CT molecular complexity index is 503. The van der Waals surface area contributed by atoms with E-state index in [2.05, 4.69) is 27.2 Å². The van der Waals surface area contributed by atoms with Crippen LogP contribution in [0, 0.1) is 6.92 Å². The number of aryl methyl sites for hydroxylation is 2. The lowest BCUT2D eigenvalue weighted by Gasteiger charge is -2.07. The summed E-state index contributed by atoms with van der Waals surface area (Å²) in [5, 5.41) is 3.28. The van der Waals surface area contributed by atoms with Crippen molar-refractivity contribution in [3.05, 3.63) is 24.3 Å². The summed E-state index contributed by atoms with van der Waals surface area (Å²) in [7, 11) is 1.94. The predicted octanol–water partition coefficient (Wildman–Crippen LogP) is 2.01. The van der Waals surface area contributed by atoms with Crippen molar-refractivity contribution in [2.45, 2.75) is 20.3 Å². The van der Waals surface area contributed by atoms with Crippen LogP contribution in [0.15, 0.2) is 18.6 Å². The zero-order chi connectivity index (χ0) is 12.3. The second-order valence-corrected chi connectivity index (χ2v) is 4.03. The van der Waals surface area contributed by atoms with Gasteiger partial charge in [0.25, 0.3) is 0 Å². The number of aromatic nitrogens is 4. The van der Waals surface area contributed by atoms with Gasteiger partial charge >= 0.3 is 0 Å². The van der Waals surface area contributed by atoms with Gasteiger partial charge in [-0.15, -0.1) is 0 Å². The number of nitrogens with one attached hydrogen (secondary N) is 1. The van der Waals surface area contributed by atoms with Gasteiger partial charge in [-0.3, -0.25) is 0 Å². The molecule has 1 N–H and O–H groups in total. The number of anilines is 1. The first-order valence-corrected chi connectivity index (χ1v) is 5.77. The van der Waals surface area contributed by atoms with Crippen molar-refractivity contribution in [2.24, 2.45) is 7.05 Å². The molecule has 2 aromatic heterocycles. The monoisotopic (exact) mass is 231 g/mol. The van der Waals surface area contributed by atoms with Gasteiger partial charge < -0.3 is 9.88 Å². The van der Waals surface area contributed by atoms with Gasteiger partial charge in [0.1, 0.15) is 11.5 Å². The molecule has 0 amide bonds. The van der Waals surface area contributed by atoms with Crippen molar-refractivity contribution < 1.29 is 0 Å². The quantitative estimate of drug-likeness (QED) is 0.874. The smallest absolute Gasteiger partial charge is 0.180 e. The summed E-state index contributed by atoms with van der Waals surface area (Å²) in [6.45, 7) is 5.02. The maximum absolute atomic E-state index is 4.49.